The number of anilines is 1. The van der Waals surface area contributed by atoms with Gasteiger partial charge in [-0.25, -0.2) is 4.98 Å². The number of nitrogens with one attached hydrogen (secondary N) is 2. The lowest BCUT2D eigenvalue weighted by molar-refractivity contribution is -0.121. The molecule has 0 atom stereocenters. The Morgan fingerprint density at radius 3 is 2.35 bits per heavy atom. The Morgan fingerprint density at radius 1 is 1.19 bits per heavy atom. The first-order chi connectivity index (χ1) is 14.5. The third-order valence-electron chi connectivity index (χ3n) is 5.37. The maximum absolute atomic E-state index is 13.3. The Hall–Kier alpha value is -3.43. The van der Waals surface area contributed by atoms with E-state index < -0.39 is 23.4 Å². The number of nitrogens with two attached hydrogens (primary N) is 2. The largest absolute Gasteiger partial charge is 0.431 e. The zero-order chi connectivity index (χ0) is 23.1. The molecule has 10 heteroatoms. The van der Waals surface area contributed by atoms with E-state index >= 15 is 0 Å². The predicted molar refractivity (Wildman–Crippen MR) is 114 cm³/mol. The zero-order valence-electron chi connectivity index (χ0n) is 17.2. The molecule has 7 nitrogen and oxygen atoms in total. The van der Waals surface area contributed by atoms with Crippen LogP contribution >= 0.6 is 0 Å². The van der Waals surface area contributed by atoms with Gasteiger partial charge < -0.3 is 21.8 Å². The highest BCUT2D eigenvalue weighted by molar-refractivity contribution is 6.47. The molecule has 1 heterocycles. The van der Waals surface area contributed by atoms with Crippen molar-refractivity contribution in [3.8, 4) is 0 Å². The van der Waals surface area contributed by atoms with Crippen LogP contribution in [-0.2, 0) is 17.6 Å². The van der Waals surface area contributed by atoms with E-state index in [1.165, 1.54) is 25.1 Å². The van der Waals surface area contributed by atoms with Gasteiger partial charge in [-0.1, -0.05) is 0 Å². The van der Waals surface area contributed by atoms with E-state index in [0.717, 1.165) is 12.8 Å². The first-order valence-electron chi connectivity index (χ1n) is 9.61. The second-order valence-corrected chi connectivity index (χ2v) is 7.59. The van der Waals surface area contributed by atoms with Crippen molar-refractivity contribution in [3.05, 3.63) is 40.2 Å². The van der Waals surface area contributed by atoms with E-state index in [2.05, 4.69) is 4.98 Å². The number of aromatic nitrogens is 1. The Kier molecular flexibility index (Phi) is 5.75. The maximum atomic E-state index is 13.3. The van der Waals surface area contributed by atoms with E-state index in [0.29, 0.717) is 41.1 Å². The van der Waals surface area contributed by atoms with Gasteiger partial charge in [-0.15, -0.1) is 0 Å². The number of carbonyl (C=O) groups is 1. The first kappa shape index (κ1) is 22.3. The van der Waals surface area contributed by atoms with E-state index in [9.17, 15) is 18.0 Å². The molecule has 164 valence electrons. The number of benzene rings is 1. The van der Waals surface area contributed by atoms with Gasteiger partial charge in [-0.2, -0.15) is 13.2 Å². The molecule has 0 aliphatic heterocycles. The predicted octanol–water partition coefficient (Wildman–Crippen LogP) is 3.03. The fourth-order valence-electron chi connectivity index (χ4n) is 3.89. The molecule has 0 saturated carbocycles. The van der Waals surface area contributed by atoms with Gasteiger partial charge in [0.1, 0.15) is 11.4 Å². The van der Waals surface area contributed by atoms with Gasteiger partial charge in [-0.3, -0.25) is 10.2 Å². The van der Waals surface area contributed by atoms with Crippen molar-refractivity contribution in [2.24, 2.45) is 5.73 Å². The molecular formula is C21H23F3N6O. The zero-order valence-corrected chi connectivity index (χ0v) is 17.2. The number of nitrogens with zero attached hydrogens (tertiary/aromatic N) is 2. The molecule has 2 aromatic rings. The fourth-order valence-corrected chi connectivity index (χ4v) is 3.89. The average Bonchev–Trinajstić information content (AvgIpc) is 2.72. The van der Waals surface area contributed by atoms with Crippen LogP contribution in [-0.4, -0.2) is 48.0 Å². The van der Waals surface area contributed by atoms with Crippen molar-refractivity contribution in [2.45, 2.75) is 31.9 Å². The number of likely N-dealkylation sites (N-methyl/N-ethyl adjacent to an activating group) is 1. The molecule has 1 aromatic carbocycles. The van der Waals surface area contributed by atoms with Crippen LogP contribution in [0, 0.1) is 10.8 Å². The lowest BCUT2D eigenvalue weighted by atomic mass is 9.83. The number of alkyl halides is 3. The van der Waals surface area contributed by atoms with Gasteiger partial charge in [0.15, 0.2) is 0 Å². The van der Waals surface area contributed by atoms with E-state index in [-0.39, 0.29) is 22.7 Å². The third kappa shape index (κ3) is 3.85. The summed E-state index contributed by atoms with van der Waals surface area (Å²) in [6.45, 7) is 0. The number of fused-ring (bicyclic) bond motifs is 3. The lowest BCUT2D eigenvalue weighted by Crippen LogP contribution is -2.31. The molecule has 1 amide bonds. The molecule has 1 aliphatic rings. The summed E-state index contributed by atoms with van der Waals surface area (Å²) in [5.41, 5.74) is 11.3. The van der Waals surface area contributed by atoms with Crippen LogP contribution in [0.1, 0.15) is 35.2 Å². The van der Waals surface area contributed by atoms with E-state index in [1.54, 1.807) is 6.07 Å². The highest BCUT2D eigenvalue weighted by Gasteiger charge is 2.36. The molecule has 6 N–H and O–H groups in total. The van der Waals surface area contributed by atoms with Gasteiger partial charge in [-0.05, 0) is 48.9 Å². The van der Waals surface area contributed by atoms with Gasteiger partial charge in [0.25, 0.3) is 5.91 Å². The molecule has 0 unspecified atom stereocenters. The molecule has 1 aliphatic carbocycles. The molecule has 0 bridgehead atoms. The molecule has 0 spiro atoms. The normalized spacial score (nSPS) is 14.6. The van der Waals surface area contributed by atoms with Crippen LogP contribution in [0.3, 0.4) is 0 Å². The van der Waals surface area contributed by atoms with Gasteiger partial charge in [0.2, 0.25) is 0 Å². The number of carbonyl (C=O) groups excluding carboxylic acids is 1. The Morgan fingerprint density at radius 2 is 1.81 bits per heavy atom. The monoisotopic (exact) mass is 432 g/mol. The topological polar surface area (TPSA) is 133 Å². The van der Waals surface area contributed by atoms with Crippen LogP contribution in [0.4, 0.5) is 18.9 Å². The molecule has 3 rings (SSSR count). The summed E-state index contributed by atoms with van der Waals surface area (Å²) >= 11 is 0. The second kappa shape index (κ2) is 8.01. The molecule has 0 fully saturated rings. The fraction of sp³-hybridized carbons (Fsp3) is 0.333. The summed E-state index contributed by atoms with van der Waals surface area (Å²) < 4.78 is 39.9. The lowest BCUT2D eigenvalue weighted by Gasteiger charge is -2.24. The number of rotatable bonds is 4. The summed E-state index contributed by atoms with van der Waals surface area (Å²) in [5.74, 6) is -0.547. The highest BCUT2D eigenvalue weighted by Crippen LogP contribution is 2.38. The molecular weight excluding hydrogens is 409 g/mol. The molecule has 31 heavy (non-hydrogen) atoms. The van der Waals surface area contributed by atoms with Crippen LogP contribution in [0.5, 0.6) is 0 Å². The average molecular weight is 432 g/mol. The number of amides is 1. The summed E-state index contributed by atoms with van der Waals surface area (Å²) in [5, 5.41) is 16.5. The number of aryl methyl sites for hydroxylation is 1. The smallest absolute Gasteiger partial charge is 0.398 e. The van der Waals surface area contributed by atoms with Crippen molar-refractivity contribution in [3.63, 3.8) is 0 Å². The number of hydrogen-bond acceptors (Lipinski definition) is 6. The summed E-state index contributed by atoms with van der Waals surface area (Å²) in [7, 11) is 3.04. The number of pyridine rings is 1. The minimum absolute atomic E-state index is 0.00760. The summed E-state index contributed by atoms with van der Waals surface area (Å²) in [6.07, 6.45) is -1.75. The van der Waals surface area contributed by atoms with Crippen molar-refractivity contribution < 1.29 is 18.0 Å². The SMILES string of the molecule is CN(C)C(=O)C(=N)c1c(N)ccc2nc(C(C=N)=C(N)C(F)(F)F)c3c(c12)CCCC3. The number of halogens is 3. The minimum Gasteiger partial charge on any atom is -0.398 e. The first-order valence-corrected chi connectivity index (χ1v) is 9.61. The van der Waals surface area contributed by atoms with E-state index in [1.807, 2.05) is 0 Å². The standard InChI is InChI=1S/C21H23F3N6O/c1-30(2)20(31)17(27)16-13(26)7-8-14-15(16)10-5-3-4-6-11(10)18(29-14)12(9-25)19(28)21(22,23)24/h7-9,25,27H,3-6,26,28H2,1-2H3. The third-order valence-corrected chi connectivity index (χ3v) is 5.37. The van der Waals surface area contributed by atoms with Gasteiger partial charge >= 0.3 is 6.18 Å². The van der Waals surface area contributed by atoms with Crippen molar-refractivity contribution in [1.82, 2.24) is 9.88 Å². The molecule has 1 aromatic heterocycles. The Labute approximate surface area is 176 Å². The van der Waals surface area contributed by atoms with Crippen LogP contribution in [0.15, 0.2) is 17.8 Å². The second-order valence-electron chi connectivity index (χ2n) is 7.59. The summed E-state index contributed by atoms with van der Waals surface area (Å²) in [6, 6.07) is 3.02. The molecule has 0 saturated heterocycles. The molecule has 0 radical (unpaired) electrons. The minimum atomic E-state index is -4.81. The number of allylic oxidation sites excluding steroid dienone is 2. The van der Waals surface area contributed by atoms with Crippen molar-refractivity contribution in [2.75, 3.05) is 19.8 Å². The van der Waals surface area contributed by atoms with E-state index in [4.69, 9.17) is 22.3 Å². The Balaban J connectivity index is 2.43. The maximum Gasteiger partial charge on any atom is 0.431 e. The van der Waals surface area contributed by atoms with Crippen molar-refractivity contribution >= 4 is 40.0 Å². The highest BCUT2D eigenvalue weighted by atomic mass is 19.4. The van der Waals surface area contributed by atoms with Gasteiger partial charge in [0.05, 0.1) is 11.2 Å². The number of hydrogen-bond donors (Lipinski definition) is 4. The number of nitrogen functional groups attached to an aromatic ring is 1. The quantitative estimate of drug-likeness (QED) is 0.436. The van der Waals surface area contributed by atoms with Crippen LogP contribution < -0.4 is 11.5 Å². The van der Waals surface area contributed by atoms with Crippen molar-refractivity contribution in [1.29, 1.82) is 10.8 Å². The van der Waals surface area contributed by atoms with Gasteiger partial charge in [0, 0.05) is 42.5 Å². The van der Waals surface area contributed by atoms with Crippen LogP contribution in [0.2, 0.25) is 0 Å². The van der Waals surface area contributed by atoms with Crippen LogP contribution in [0.25, 0.3) is 16.5 Å². The summed E-state index contributed by atoms with van der Waals surface area (Å²) in [4.78, 5) is 18.2. The Bertz CT molecular complexity index is 1130.